The Balaban J connectivity index is 1.40. The molecule has 0 saturated carbocycles. The number of benzene rings is 2. The second kappa shape index (κ2) is 8.76. The number of aromatic nitrogens is 2. The average molecular weight is 465 g/mol. The minimum atomic E-state index is -0.224. The van der Waals surface area contributed by atoms with Gasteiger partial charge in [-0.25, -0.2) is 4.79 Å². The topological polar surface area (TPSA) is 67.2 Å². The number of carbonyl (C=O) groups is 1. The van der Waals surface area contributed by atoms with E-state index in [-0.39, 0.29) is 11.6 Å². The summed E-state index contributed by atoms with van der Waals surface area (Å²) in [7, 11) is 0. The molecule has 162 valence electrons. The number of anilines is 1. The van der Waals surface area contributed by atoms with Crippen LogP contribution in [0, 0.1) is 0 Å². The van der Waals surface area contributed by atoms with Crippen molar-refractivity contribution < 1.29 is 4.79 Å². The van der Waals surface area contributed by atoms with Crippen molar-refractivity contribution in [3.8, 4) is 10.4 Å². The van der Waals surface area contributed by atoms with Gasteiger partial charge in [-0.3, -0.25) is 4.79 Å². The normalized spacial score (nSPS) is 13.6. The highest BCUT2D eigenvalue weighted by molar-refractivity contribution is 7.22. The van der Waals surface area contributed by atoms with Crippen LogP contribution in [0.2, 0.25) is 5.02 Å². The number of carbonyl (C=O) groups excluding carboxylic acids is 1. The monoisotopic (exact) mass is 464 g/mol. The van der Waals surface area contributed by atoms with Crippen LogP contribution in [0.25, 0.3) is 20.7 Å². The molecule has 1 aliphatic heterocycles. The summed E-state index contributed by atoms with van der Waals surface area (Å²) >= 11 is 7.42. The van der Waals surface area contributed by atoms with E-state index in [1.165, 1.54) is 11.3 Å². The second-order valence-corrected chi connectivity index (χ2v) is 9.32. The summed E-state index contributed by atoms with van der Waals surface area (Å²) in [6.07, 6.45) is 3.71. The van der Waals surface area contributed by atoms with E-state index in [0.29, 0.717) is 16.3 Å². The van der Waals surface area contributed by atoms with E-state index in [4.69, 9.17) is 11.6 Å². The van der Waals surface area contributed by atoms with Gasteiger partial charge in [0.05, 0.1) is 11.8 Å². The number of hydrogen-bond acceptors (Lipinski definition) is 4. The minimum Gasteiger partial charge on any atom is -0.326 e. The molecule has 1 aliphatic rings. The molecule has 2 aromatic heterocycles. The van der Waals surface area contributed by atoms with E-state index in [9.17, 15) is 9.59 Å². The number of rotatable bonds is 4. The van der Waals surface area contributed by atoms with Crippen LogP contribution in [0.15, 0.2) is 65.7 Å². The van der Waals surface area contributed by atoms with Gasteiger partial charge < -0.3 is 14.8 Å². The summed E-state index contributed by atoms with van der Waals surface area (Å²) in [5.74, 6) is 0. The van der Waals surface area contributed by atoms with Crippen molar-refractivity contribution in [2.75, 3.05) is 18.4 Å². The molecule has 0 unspecified atom stereocenters. The lowest BCUT2D eigenvalue weighted by molar-refractivity contribution is 0.222. The molecule has 4 aromatic rings. The zero-order valence-electron chi connectivity index (χ0n) is 17.3. The van der Waals surface area contributed by atoms with Gasteiger partial charge >= 0.3 is 6.03 Å². The maximum absolute atomic E-state index is 12.4. The molecule has 5 rings (SSSR count). The van der Waals surface area contributed by atoms with Gasteiger partial charge in [0.1, 0.15) is 4.70 Å². The van der Waals surface area contributed by atoms with Crippen LogP contribution in [0.4, 0.5) is 10.5 Å². The number of nitrogens with one attached hydrogen (secondary N) is 1. The van der Waals surface area contributed by atoms with Crippen molar-refractivity contribution in [1.29, 1.82) is 0 Å². The number of halogens is 1. The third kappa shape index (κ3) is 4.26. The van der Waals surface area contributed by atoms with Gasteiger partial charge in [-0.05, 0) is 54.3 Å². The van der Waals surface area contributed by atoms with E-state index < -0.39 is 0 Å². The van der Waals surface area contributed by atoms with Gasteiger partial charge in [-0.15, -0.1) is 11.3 Å². The van der Waals surface area contributed by atoms with Crippen molar-refractivity contribution >= 4 is 44.9 Å². The Labute approximate surface area is 194 Å². The zero-order chi connectivity index (χ0) is 22.1. The molecule has 0 bridgehead atoms. The first-order chi connectivity index (χ1) is 15.6. The predicted molar refractivity (Wildman–Crippen MR) is 130 cm³/mol. The quantitative estimate of drug-likeness (QED) is 0.436. The van der Waals surface area contributed by atoms with E-state index >= 15 is 0 Å². The number of urea groups is 1. The molecule has 32 heavy (non-hydrogen) atoms. The van der Waals surface area contributed by atoms with Crippen LogP contribution in [-0.4, -0.2) is 33.6 Å². The second-order valence-electron chi connectivity index (χ2n) is 7.83. The molecule has 0 radical (unpaired) electrons. The number of likely N-dealkylation sites (tertiary alicyclic amines) is 1. The zero-order valence-corrected chi connectivity index (χ0v) is 18.8. The molecular weight excluding hydrogens is 444 g/mol. The highest BCUT2D eigenvalue weighted by Crippen LogP contribution is 2.32. The predicted octanol–water partition coefficient (Wildman–Crippen LogP) is 5.45. The average Bonchev–Trinajstić information content (AvgIpc) is 3.49. The van der Waals surface area contributed by atoms with Gasteiger partial charge in [0, 0.05) is 35.2 Å². The summed E-state index contributed by atoms with van der Waals surface area (Å²) < 4.78 is 2.60. The largest absolute Gasteiger partial charge is 0.326 e. The van der Waals surface area contributed by atoms with Gasteiger partial charge in [-0.2, -0.15) is 4.98 Å². The molecule has 2 amide bonds. The van der Waals surface area contributed by atoms with Gasteiger partial charge in [0.2, 0.25) is 0 Å². The Morgan fingerprint density at radius 3 is 2.50 bits per heavy atom. The number of fused-ring (bicyclic) bond motifs is 1. The molecule has 0 aliphatic carbocycles. The van der Waals surface area contributed by atoms with E-state index in [1.807, 2.05) is 64.1 Å². The van der Waals surface area contributed by atoms with E-state index in [0.717, 1.165) is 53.1 Å². The minimum absolute atomic E-state index is 0.0533. The Morgan fingerprint density at radius 1 is 1.06 bits per heavy atom. The van der Waals surface area contributed by atoms with Crippen LogP contribution in [0.1, 0.15) is 18.4 Å². The molecule has 3 heterocycles. The summed E-state index contributed by atoms with van der Waals surface area (Å²) in [5.41, 5.74) is 3.45. The maximum Gasteiger partial charge on any atom is 0.321 e. The molecule has 6 nitrogen and oxygen atoms in total. The third-order valence-corrected chi connectivity index (χ3v) is 7.02. The van der Waals surface area contributed by atoms with Gasteiger partial charge in [0.25, 0.3) is 5.56 Å². The van der Waals surface area contributed by atoms with Crippen molar-refractivity contribution in [2.45, 2.75) is 19.4 Å². The van der Waals surface area contributed by atoms with Gasteiger partial charge in [-0.1, -0.05) is 35.9 Å². The van der Waals surface area contributed by atoms with E-state index in [1.54, 1.807) is 6.33 Å². The fraction of sp³-hybridized carbons (Fsp3) is 0.208. The Hall–Kier alpha value is -3.16. The SMILES string of the molecule is O=C(Nc1ccc(-c2cc3c(s2)c(=O)ncn3Cc2ccc(Cl)cc2)cc1)N1CCCC1. The van der Waals surface area contributed by atoms with Crippen LogP contribution >= 0.6 is 22.9 Å². The summed E-state index contributed by atoms with van der Waals surface area (Å²) in [6.45, 7) is 2.22. The first-order valence-corrected chi connectivity index (χ1v) is 11.7. The first-order valence-electron chi connectivity index (χ1n) is 10.5. The number of amides is 2. The molecule has 8 heteroatoms. The Morgan fingerprint density at radius 2 is 1.78 bits per heavy atom. The van der Waals surface area contributed by atoms with Crippen LogP contribution < -0.4 is 10.9 Å². The lowest BCUT2D eigenvalue weighted by Gasteiger charge is -2.16. The number of thiophene rings is 1. The smallest absolute Gasteiger partial charge is 0.321 e. The van der Waals surface area contributed by atoms with Crippen LogP contribution in [-0.2, 0) is 6.54 Å². The molecule has 1 fully saturated rings. The van der Waals surface area contributed by atoms with Crippen molar-refractivity contribution in [3.05, 3.63) is 81.9 Å². The summed E-state index contributed by atoms with van der Waals surface area (Å²) in [4.78, 5) is 31.6. The van der Waals surface area contributed by atoms with Crippen molar-refractivity contribution in [3.63, 3.8) is 0 Å². The fourth-order valence-electron chi connectivity index (χ4n) is 3.89. The fourth-order valence-corrected chi connectivity index (χ4v) is 5.08. The summed E-state index contributed by atoms with van der Waals surface area (Å²) in [5, 5.41) is 3.65. The van der Waals surface area contributed by atoms with Crippen molar-refractivity contribution in [2.24, 2.45) is 0 Å². The van der Waals surface area contributed by atoms with Crippen LogP contribution in [0.3, 0.4) is 0 Å². The standard InChI is InChI=1S/C24H21ClN4O2S/c25-18-7-3-16(4-8-18)14-29-15-26-23(30)22-20(29)13-21(32-22)17-5-9-19(10-6-17)27-24(31)28-11-1-2-12-28/h3-10,13,15H,1-2,11-12,14H2,(H,27,31). The van der Waals surface area contributed by atoms with E-state index in [2.05, 4.69) is 10.3 Å². The molecular formula is C24H21ClN4O2S. The molecule has 0 atom stereocenters. The van der Waals surface area contributed by atoms with Gasteiger partial charge in [0.15, 0.2) is 0 Å². The Bertz CT molecular complexity index is 1320. The number of nitrogens with zero attached hydrogens (tertiary/aromatic N) is 3. The molecule has 1 saturated heterocycles. The lowest BCUT2D eigenvalue weighted by atomic mass is 10.1. The molecule has 1 N–H and O–H groups in total. The van der Waals surface area contributed by atoms with Crippen LogP contribution in [0.5, 0.6) is 0 Å². The lowest BCUT2D eigenvalue weighted by Crippen LogP contribution is -2.32. The molecule has 2 aromatic carbocycles. The Kier molecular flexibility index (Phi) is 5.68. The van der Waals surface area contributed by atoms with Crippen molar-refractivity contribution in [1.82, 2.24) is 14.5 Å². The molecule has 0 spiro atoms. The highest BCUT2D eigenvalue weighted by atomic mass is 35.5. The third-order valence-electron chi connectivity index (χ3n) is 5.61. The number of hydrogen-bond donors (Lipinski definition) is 1. The highest BCUT2D eigenvalue weighted by Gasteiger charge is 2.18. The first kappa shape index (κ1) is 20.7. The maximum atomic E-state index is 12.4. The summed E-state index contributed by atoms with van der Waals surface area (Å²) in [6, 6.07) is 17.3.